The average Bonchev–Trinajstić information content (AvgIpc) is 2.42. The second-order valence-corrected chi connectivity index (χ2v) is 5.10. The van der Waals surface area contributed by atoms with Gasteiger partial charge in [0.15, 0.2) is 5.75 Å². The van der Waals surface area contributed by atoms with Crippen molar-refractivity contribution in [2.45, 2.75) is 18.1 Å². The fourth-order valence-electron chi connectivity index (χ4n) is 1.60. The van der Waals surface area contributed by atoms with Crippen molar-refractivity contribution < 1.29 is 23.0 Å². The number of ether oxygens (including phenoxy) is 1. The van der Waals surface area contributed by atoms with E-state index in [0.29, 0.717) is 17.3 Å². The van der Waals surface area contributed by atoms with E-state index in [2.05, 4.69) is 4.74 Å². The fraction of sp³-hybridized carbons (Fsp3) is 0.214. The van der Waals surface area contributed by atoms with Crippen molar-refractivity contribution in [2.75, 3.05) is 0 Å². The molecule has 0 saturated carbocycles. The minimum atomic E-state index is -2.85. The van der Waals surface area contributed by atoms with Gasteiger partial charge in [0, 0.05) is 11.8 Å². The Balaban J connectivity index is 1.91. The average molecular weight is 314 g/mol. The van der Waals surface area contributed by atoms with Crippen LogP contribution in [0.4, 0.5) is 8.78 Å². The largest absolute Gasteiger partial charge is 0.502 e. The highest BCUT2D eigenvalue weighted by Gasteiger charge is 2.06. The number of hydrogen-bond donors (Lipinski definition) is 1. The van der Waals surface area contributed by atoms with Crippen molar-refractivity contribution in [3.05, 3.63) is 58.1 Å². The van der Waals surface area contributed by atoms with Crippen LogP contribution in [0.1, 0.15) is 11.3 Å². The summed E-state index contributed by atoms with van der Waals surface area (Å²) in [5.41, 5.74) is 0.323. The van der Waals surface area contributed by atoms with Gasteiger partial charge in [-0.05, 0) is 17.7 Å². The normalized spacial score (nSPS) is 10.8. The van der Waals surface area contributed by atoms with Crippen LogP contribution in [0.5, 0.6) is 11.5 Å². The standard InChI is InChI=1S/C14H12F2O4S/c15-14(16)20-10-3-1-2-9(4-10)7-21-8-11-5-12(17)13(18)6-19-11/h1-6,14,18H,7-8H2. The van der Waals surface area contributed by atoms with Crippen LogP contribution in [-0.2, 0) is 11.5 Å². The Labute approximate surface area is 123 Å². The van der Waals surface area contributed by atoms with Gasteiger partial charge in [-0.15, -0.1) is 11.8 Å². The molecule has 0 aliphatic carbocycles. The van der Waals surface area contributed by atoms with Gasteiger partial charge in [0.2, 0.25) is 5.43 Å². The van der Waals surface area contributed by atoms with Gasteiger partial charge >= 0.3 is 6.61 Å². The van der Waals surface area contributed by atoms with Gasteiger partial charge < -0.3 is 14.3 Å². The van der Waals surface area contributed by atoms with Crippen molar-refractivity contribution in [3.63, 3.8) is 0 Å². The molecule has 0 aliphatic heterocycles. The molecule has 1 aromatic heterocycles. The maximum absolute atomic E-state index is 12.1. The molecule has 0 unspecified atom stereocenters. The van der Waals surface area contributed by atoms with Gasteiger partial charge in [0.25, 0.3) is 0 Å². The smallest absolute Gasteiger partial charge is 0.387 e. The zero-order valence-electron chi connectivity index (χ0n) is 10.8. The molecule has 0 aliphatic rings. The Morgan fingerprint density at radius 1 is 1.29 bits per heavy atom. The number of hydrogen-bond acceptors (Lipinski definition) is 5. The van der Waals surface area contributed by atoms with E-state index >= 15 is 0 Å². The molecule has 1 N–H and O–H groups in total. The summed E-state index contributed by atoms with van der Waals surface area (Å²) in [5.74, 6) is 1.09. The van der Waals surface area contributed by atoms with E-state index in [1.54, 1.807) is 12.1 Å². The highest BCUT2D eigenvalue weighted by molar-refractivity contribution is 7.97. The molecule has 2 rings (SSSR count). The summed E-state index contributed by atoms with van der Waals surface area (Å²) in [7, 11) is 0. The van der Waals surface area contributed by atoms with E-state index in [1.165, 1.54) is 30.0 Å². The lowest BCUT2D eigenvalue weighted by atomic mass is 10.2. The van der Waals surface area contributed by atoms with Crippen LogP contribution in [0, 0.1) is 0 Å². The molecule has 0 amide bonds. The first kappa shape index (κ1) is 15.4. The number of halogens is 2. The lowest BCUT2D eigenvalue weighted by molar-refractivity contribution is -0.0498. The Kier molecular flexibility index (Phi) is 5.21. The number of rotatable bonds is 6. The summed E-state index contributed by atoms with van der Waals surface area (Å²) < 4.78 is 33.6. The Morgan fingerprint density at radius 2 is 2.10 bits per heavy atom. The van der Waals surface area contributed by atoms with Gasteiger partial charge in [-0.2, -0.15) is 8.78 Å². The van der Waals surface area contributed by atoms with Crippen LogP contribution in [0.15, 0.2) is 45.8 Å². The molecule has 21 heavy (non-hydrogen) atoms. The molecule has 0 atom stereocenters. The van der Waals surface area contributed by atoms with Crippen LogP contribution >= 0.6 is 11.8 Å². The molecule has 0 fully saturated rings. The molecule has 7 heteroatoms. The molecule has 0 spiro atoms. The summed E-state index contributed by atoms with van der Waals surface area (Å²) >= 11 is 1.44. The summed E-state index contributed by atoms with van der Waals surface area (Å²) in [6.07, 6.45) is 0.995. The van der Waals surface area contributed by atoms with E-state index in [-0.39, 0.29) is 5.75 Å². The first-order chi connectivity index (χ1) is 10.0. The first-order valence-corrected chi connectivity index (χ1v) is 7.12. The van der Waals surface area contributed by atoms with Gasteiger partial charge in [0.05, 0.1) is 5.75 Å². The van der Waals surface area contributed by atoms with E-state index in [4.69, 9.17) is 9.52 Å². The van der Waals surface area contributed by atoms with Crippen molar-refractivity contribution in [3.8, 4) is 11.5 Å². The maximum Gasteiger partial charge on any atom is 0.387 e. The van der Waals surface area contributed by atoms with Gasteiger partial charge in [-0.25, -0.2) is 0 Å². The predicted molar refractivity (Wildman–Crippen MR) is 74.7 cm³/mol. The van der Waals surface area contributed by atoms with Crippen LogP contribution in [0.2, 0.25) is 0 Å². The summed E-state index contributed by atoms with van der Waals surface area (Å²) in [5, 5.41) is 9.06. The van der Waals surface area contributed by atoms with Crippen LogP contribution in [-0.4, -0.2) is 11.7 Å². The van der Waals surface area contributed by atoms with Crippen molar-refractivity contribution in [1.82, 2.24) is 0 Å². The van der Waals surface area contributed by atoms with Crippen LogP contribution < -0.4 is 10.2 Å². The quantitative estimate of drug-likeness (QED) is 0.885. The zero-order valence-corrected chi connectivity index (χ0v) is 11.6. The van der Waals surface area contributed by atoms with Gasteiger partial charge in [-0.1, -0.05) is 12.1 Å². The minimum Gasteiger partial charge on any atom is -0.502 e. The van der Waals surface area contributed by atoms with E-state index in [9.17, 15) is 13.6 Å². The lowest BCUT2D eigenvalue weighted by Gasteiger charge is -2.06. The van der Waals surface area contributed by atoms with Crippen molar-refractivity contribution in [1.29, 1.82) is 0 Å². The Hall–Kier alpha value is -2.02. The minimum absolute atomic E-state index is 0.110. The highest BCUT2D eigenvalue weighted by atomic mass is 32.2. The van der Waals surface area contributed by atoms with E-state index < -0.39 is 17.8 Å². The molecule has 4 nitrogen and oxygen atoms in total. The van der Waals surface area contributed by atoms with Gasteiger partial charge in [0.1, 0.15) is 17.8 Å². The van der Waals surface area contributed by atoms with E-state index in [1.807, 2.05) is 0 Å². The summed E-state index contributed by atoms with van der Waals surface area (Å²) in [6.45, 7) is -2.85. The molecule has 1 aromatic carbocycles. The Bertz CT molecular complexity index is 657. The summed E-state index contributed by atoms with van der Waals surface area (Å²) in [6, 6.07) is 7.64. The van der Waals surface area contributed by atoms with Crippen LogP contribution in [0.3, 0.4) is 0 Å². The molecule has 0 radical (unpaired) electrons. The number of benzene rings is 1. The third-order valence-electron chi connectivity index (χ3n) is 2.50. The second kappa shape index (κ2) is 7.12. The number of aromatic hydroxyl groups is 1. The molecule has 112 valence electrons. The first-order valence-electron chi connectivity index (χ1n) is 5.97. The van der Waals surface area contributed by atoms with Crippen molar-refractivity contribution in [2.24, 2.45) is 0 Å². The topological polar surface area (TPSA) is 59.7 Å². The monoisotopic (exact) mass is 314 g/mol. The molecule has 0 bridgehead atoms. The Morgan fingerprint density at radius 3 is 2.81 bits per heavy atom. The molecule has 1 heterocycles. The molecular formula is C14H12F2O4S. The number of thioether (sulfide) groups is 1. The molecular weight excluding hydrogens is 302 g/mol. The summed E-state index contributed by atoms with van der Waals surface area (Å²) in [4.78, 5) is 11.2. The van der Waals surface area contributed by atoms with Gasteiger partial charge in [-0.3, -0.25) is 4.79 Å². The van der Waals surface area contributed by atoms with Crippen molar-refractivity contribution >= 4 is 11.8 Å². The number of alkyl halides is 2. The lowest BCUT2D eigenvalue weighted by Crippen LogP contribution is -2.02. The van der Waals surface area contributed by atoms with Crippen LogP contribution in [0.25, 0.3) is 0 Å². The second-order valence-electron chi connectivity index (χ2n) is 4.11. The third kappa shape index (κ3) is 4.78. The maximum atomic E-state index is 12.1. The predicted octanol–water partition coefficient (Wildman–Crippen LogP) is 3.38. The SMILES string of the molecule is O=c1cc(CSCc2cccc(OC(F)F)c2)occ1O. The third-order valence-corrected chi connectivity index (χ3v) is 3.53. The molecule has 0 saturated heterocycles. The highest BCUT2D eigenvalue weighted by Crippen LogP contribution is 2.22. The molecule has 2 aromatic rings. The van der Waals surface area contributed by atoms with E-state index in [0.717, 1.165) is 11.8 Å². The fourth-order valence-corrected chi connectivity index (χ4v) is 2.47. The zero-order chi connectivity index (χ0) is 15.2.